The van der Waals surface area contributed by atoms with E-state index in [9.17, 15) is 67.5 Å². The average molecular weight is 1230 g/mol. The molecule has 9 heterocycles. The molecule has 0 aromatic carbocycles. The van der Waals surface area contributed by atoms with Crippen LogP contribution >= 0.6 is 30.8 Å². The molecule has 3 saturated heterocycles. The third-order valence-corrected chi connectivity index (χ3v) is 18.9. The molecular formula is C38H54N16O23P4. The number of nitrogens with zero attached hydrogens (tertiary/aromatic N) is 11. The third-order valence-electron chi connectivity index (χ3n) is 13.2. The van der Waals surface area contributed by atoms with Crippen LogP contribution in [-0.2, 0) is 71.5 Å². The number of aryl methyl sites for hydroxylation is 1. The molecule has 3 fully saturated rings. The summed E-state index contributed by atoms with van der Waals surface area (Å²) in [5.74, 6) is -2.35. The monoisotopic (exact) mass is 1230 g/mol. The number of aromatic amines is 2. The van der Waals surface area contributed by atoms with E-state index >= 15 is 0 Å². The number of fused-ring (bicyclic) bond motifs is 3. The summed E-state index contributed by atoms with van der Waals surface area (Å²) in [4.78, 5) is 114. The Kier molecular flexibility index (Phi) is 16.9. The van der Waals surface area contributed by atoms with Crippen LogP contribution in [0.25, 0.3) is 33.5 Å². The summed E-state index contributed by atoms with van der Waals surface area (Å²) in [5.41, 5.74) is 15.8. The Hall–Kier alpha value is -5.60. The van der Waals surface area contributed by atoms with Crippen molar-refractivity contribution in [2.45, 2.75) is 73.9 Å². The summed E-state index contributed by atoms with van der Waals surface area (Å²) in [5, 5.41) is 33.3. The van der Waals surface area contributed by atoms with E-state index in [2.05, 4.69) is 44.2 Å². The quantitative estimate of drug-likeness (QED) is 0.0226. The first-order chi connectivity index (χ1) is 38.0. The summed E-state index contributed by atoms with van der Waals surface area (Å²) in [7, 11) is -16.3. The summed E-state index contributed by atoms with van der Waals surface area (Å²) in [6, 6.07) is 0. The predicted molar refractivity (Wildman–Crippen MR) is 266 cm³/mol. The maximum Gasteiger partial charge on any atom is 0.479 e. The van der Waals surface area contributed by atoms with Crippen LogP contribution in [0.2, 0.25) is 0 Å². The predicted octanol–water partition coefficient (Wildman–Crippen LogP) is -4.46. The number of nitrogens with one attached hydrogen (secondary N) is 2. The van der Waals surface area contributed by atoms with Crippen LogP contribution in [0.4, 0.5) is 17.7 Å². The molecule has 6 aromatic heterocycles. The fraction of sp³-hybridized carbons (Fsp3) is 0.579. The highest BCUT2D eigenvalue weighted by Gasteiger charge is 2.52. The number of hydrogen-bond acceptors (Lipinski definition) is 29. The number of ether oxygens (including phenoxy) is 4. The third kappa shape index (κ3) is 12.5. The molecule has 0 saturated carbocycles. The first kappa shape index (κ1) is 60.0. The van der Waals surface area contributed by atoms with E-state index in [1.54, 1.807) is 0 Å². The zero-order valence-corrected chi connectivity index (χ0v) is 46.1. The molecule has 16 atom stereocenters. The van der Waals surface area contributed by atoms with Gasteiger partial charge in [0.1, 0.15) is 54.6 Å². The second-order valence-electron chi connectivity index (χ2n) is 18.8. The average Bonchev–Trinajstić information content (AvgIpc) is 4.36. The van der Waals surface area contributed by atoms with Gasteiger partial charge in [0.15, 0.2) is 41.4 Å². The molecule has 39 nitrogen and oxygen atoms in total. The normalized spacial score (nSPS) is 29.0. The van der Waals surface area contributed by atoms with Gasteiger partial charge in [0, 0.05) is 33.5 Å². The fourth-order valence-corrected chi connectivity index (χ4v) is 14.9. The molecule has 1 amide bonds. The Morgan fingerprint density at radius 1 is 0.778 bits per heavy atom. The fourth-order valence-electron chi connectivity index (χ4n) is 9.25. The van der Waals surface area contributed by atoms with Gasteiger partial charge in [0.2, 0.25) is 23.6 Å². The number of carbonyl (C=O) groups excluding carboxylic acids is 1. The Labute approximate surface area is 452 Å². The minimum atomic E-state index is -5.64. The van der Waals surface area contributed by atoms with E-state index in [1.807, 2.05) is 0 Å². The molecule has 3 aliphatic rings. The van der Waals surface area contributed by atoms with Crippen molar-refractivity contribution in [1.82, 2.24) is 58.5 Å². The number of hydrogen-bond donors (Lipinski definition) is 11. The van der Waals surface area contributed by atoms with E-state index in [4.69, 9.17) is 54.2 Å². The van der Waals surface area contributed by atoms with Crippen molar-refractivity contribution in [3.8, 4) is 0 Å². The van der Waals surface area contributed by atoms with Gasteiger partial charge >= 0.3 is 28.7 Å². The van der Waals surface area contributed by atoms with Crippen molar-refractivity contribution in [3.63, 3.8) is 0 Å². The lowest BCUT2D eigenvalue weighted by molar-refractivity contribution is -0.745. The van der Waals surface area contributed by atoms with Crippen molar-refractivity contribution in [2.75, 3.05) is 70.6 Å². The second kappa shape index (κ2) is 22.9. The number of phosphoric ester groups is 2. The standard InChI is InChI=1S/C38H54N16O23P4/c1-50(2)19(55)7-15-16(73-34(23(15)56)54-14-51(3)22-31(54)47-38(41)49-33(22)60)8-72-81(67,68)77-79(63,64)6-5-78(61,62)70-10-18-26(27(69-4)36(75-18)52-12-44-20-28(39)42-11-43-29(20)52)76-80(65,66)71-9-17-24(57)25(58)35(74-17)53-13-45-21-30(53)46-37(40)48-32(21)59/h11-18,23-27,34-36,56-58H,5-10H2,1-4H3,(H11-,39,40,41,42,43,46,47,48,49,59,60,61,62,63,64,65,66,67,68)/t15-,16-,17-,18-,23-,24-,25-,26-,27-,34-,35-,36-/m1/s1. The summed E-state index contributed by atoms with van der Waals surface area (Å²) in [6.45, 7) is -3.00. The number of nitrogen functional groups attached to an aromatic ring is 3. The van der Waals surface area contributed by atoms with Crippen LogP contribution < -0.4 is 37.8 Å². The van der Waals surface area contributed by atoms with E-state index < -0.39 is 160 Å². The van der Waals surface area contributed by atoms with Gasteiger partial charge in [0.05, 0.1) is 58.0 Å². The summed E-state index contributed by atoms with van der Waals surface area (Å²) in [6.07, 6.45) is -15.9. The van der Waals surface area contributed by atoms with Crippen LogP contribution in [0.15, 0.2) is 34.9 Å². The van der Waals surface area contributed by atoms with Crippen molar-refractivity contribution in [3.05, 3.63) is 46.0 Å². The maximum absolute atomic E-state index is 13.6. The number of amides is 1. The number of rotatable bonds is 22. The molecular weight excluding hydrogens is 1170 g/mol. The number of carbonyl (C=O) groups is 1. The topological polar surface area (TPSA) is 556 Å². The molecule has 14 N–H and O–H groups in total. The van der Waals surface area contributed by atoms with Gasteiger partial charge in [-0.15, -0.1) is 0 Å². The number of phosphoric acid groups is 2. The first-order valence-electron chi connectivity index (χ1n) is 23.7. The van der Waals surface area contributed by atoms with Gasteiger partial charge in [-0.3, -0.25) is 56.3 Å². The van der Waals surface area contributed by atoms with E-state index in [-0.39, 0.29) is 51.2 Å². The Morgan fingerprint density at radius 2 is 1.41 bits per heavy atom. The van der Waals surface area contributed by atoms with Gasteiger partial charge in [-0.05, 0) is 0 Å². The molecule has 4 unspecified atom stereocenters. The molecule has 0 radical (unpaired) electrons. The van der Waals surface area contributed by atoms with E-state index in [0.29, 0.717) is 0 Å². The molecule has 81 heavy (non-hydrogen) atoms. The van der Waals surface area contributed by atoms with Crippen LogP contribution in [0.1, 0.15) is 25.1 Å². The Bertz CT molecular complexity index is 3670. The summed E-state index contributed by atoms with van der Waals surface area (Å²) < 4.78 is 107. The number of aliphatic hydroxyl groups excluding tert-OH is 3. The minimum absolute atomic E-state index is 0.0177. The lowest BCUT2D eigenvalue weighted by Crippen LogP contribution is -2.45. The largest absolute Gasteiger partial charge is 0.756 e. The number of imidazole rings is 3. The number of aliphatic hydroxyl groups is 3. The SMILES string of the molecule is CO[C@@H]1[C@H](OP(=O)([O-])OC[C@H]2O[C@@H](n3cnc4c(=O)[nH]c(N)nc43)[C@H](O)[C@@H]2O)[C@@H](COP(=O)(O)CCP(=O)(O)OP(=O)(O)OC[C@H]2O[C@@H]([n+]3cn(C)c4c(=O)[nH]c(N)nc43)[C@H](O)[C@@H]2CC(=O)N(C)C)O[C@H]1n1cnc2c(N)ncnc21. The smallest absolute Gasteiger partial charge is 0.479 e. The highest BCUT2D eigenvalue weighted by atomic mass is 31.3. The number of aromatic nitrogens is 12. The van der Waals surface area contributed by atoms with E-state index in [0.717, 1.165) is 24.3 Å². The number of nitrogens with two attached hydrogens (primary N) is 3. The van der Waals surface area contributed by atoms with Gasteiger partial charge in [-0.2, -0.15) is 4.98 Å². The molecule has 0 spiro atoms. The van der Waals surface area contributed by atoms with Crippen LogP contribution in [-0.4, -0.2) is 197 Å². The lowest BCUT2D eigenvalue weighted by Gasteiger charge is -2.31. The van der Waals surface area contributed by atoms with Crippen LogP contribution in [0.3, 0.4) is 0 Å². The van der Waals surface area contributed by atoms with Crippen LogP contribution in [0, 0.1) is 5.92 Å². The molecule has 0 bridgehead atoms. The van der Waals surface area contributed by atoms with Gasteiger partial charge in [-0.1, -0.05) is 4.98 Å². The molecule has 9 rings (SSSR count). The number of methoxy groups -OCH3 is 1. The van der Waals surface area contributed by atoms with Gasteiger partial charge in [0.25, 0.3) is 24.9 Å². The maximum atomic E-state index is 13.6. The Morgan fingerprint density at radius 3 is 2.11 bits per heavy atom. The van der Waals surface area contributed by atoms with E-state index in [1.165, 1.54) is 52.4 Å². The highest BCUT2D eigenvalue weighted by molar-refractivity contribution is 7.64. The van der Waals surface area contributed by atoms with Crippen LogP contribution in [0.5, 0.6) is 0 Å². The highest BCUT2D eigenvalue weighted by Crippen LogP contribution is 2.62. The molecule has 6 aromatic rings. The molecule has 0 aliphatic carbocycles. The molecule has 43 heteroatoms. The minimum Gasteiger partial charge on any atom is -0.756 e. The van der Waals surface area contributed by atoms with Crippen molar-refractivity contribution < 1.29 is 104 Å². The zero-order valence-electron chi connectivity index (χ0n) is 42.5. The van der Waals surface area contributed by atoms with Crippen molar-refractivity contribution in [1.29, 1.82) is 0 Å². The first-order valence-corrected chi connectivity index (χ1v) is 30.2. The second-order valence-corrected chi connectivity index (χ2v) is 25.7. The van der Waals surface area contributed by atoms with Crippen molar-refractivity contribution in [2.24, 2.45) is 13.0 Å². The lowest BCUT2D eigenvalue weighted by atomic mass is 9.94. The van der Waals surface area contributed by atoms with Gasteiger partial charge < -0.3 is 89.5 Å². The van der Waals surface area contributed by atoms with Crippen molar-refractivity contribution >= 4 is 88.0 Å². The number of H-pyrrole nitrogens is 2. The Balaban J connectivity index is 0.856. The molecule has 3 aliphatic heterocycles. The number of anilines is 3. The molecule has 444 valence electrons. The summed E-state index contributed by atoms with van der Waals surface area (Å²) >= 11 is 0. The zero-order chi connectivity index (χ0) is 58.8. The van der Waals surface area contributed by atoms with Gasteiger partial charge in [-0.25, -0.2) is 33.4 Å².